The van der Waals surface area contributed by atoms with Crippen LogP contribution in [0, 0.1) is 6.92 Å². The van der Waals surface area contributed by atoms with E-state index in [2.05, 4.69) is 15.9 Å². The molecule has 0 amide bonds. The number of aryl methyl sites for hydroxylation is 1. The predicted molar refractivity (Wildman–Crippen MR) is 79.8 cm³/mol. The van der Waals surface area contributed by atoms with Crippen molar-refractivity contribution in [3.8, 4) is 11.5 Å². The lowest BCUT2D eigenvalue weighted by Crippen LogP contribution is -1.99. The summed E-state index contributed by atoms with van der Waals surface area (Å²) in [6.07, 6.45) is 0. The minimum atomic E-state index is -0.0741. The van der Waals surface area contributed by atoms with Crippen LogP contribution in [0.2, 0.25) is 0 Å². The maximum absolute atomic E-state index is 11.4. The van der Waals surface area contributed by atoms with Crippen LogP contribution in [0.3, 0.4) is 0 Å². The number of hydrogen-bond acceptors (Lipinski definition) is 3. The fraction of sp³-hybridized carbons (Fsp3) is 0.133. The zero-order chi connectivity index (χ0) is 14.0. The van der Waals surface area contributed by atoms with Gasteiger partial charge in [0, 0.05) is 15.7 Å². The number of carbonyl (C=O) groups excluding carboxylic acids is 1. The Morgan fingerprint density at radius 3 is 2.42 bits per heavy atom. The van der Waals surface area contributed by atoms with Gasteiger partial charge in [-0.05, 0) is 55.8 Å². The van der Waals surface area contributed by atoms with Crippen LogP contribution in [0.15, 0.2) is 40.9 Å². The summed E-state index contributed by atoms with van der Waals surface area (Å²) in [7, 11) is 0. The van der Waals surface area contributed by atoms with E-state index in [-0.39, 0.29) is 5.78 Å². The summed E-state index contributed by atoms with van der Waals surface area (Å²) in [5.41, 5.74) is 7.77. The fourth-order valence-electron chi connectivity index (χ4n) is 1.72. The number of nitrogens with two attached hydrogens (primary N) is 1. The van der Waals surface area contributed by atoms with Gasteiger partial charge in [0.1, 0.15) is 11.5 Å². The minimum absolute atomic E-state index is 0.0741. The number of benzene rings is 2. The number of ether oxygens (including phenoxy) is 1. The lowest BCUT2D eigenvalue weighted by Gasteiger charge is -2.09. The number of rotatable bonds is 3. The molecule has 3 nitrogen and oxygen atoms in total. The Kier molecular flexibility index (Phi) is 3.90. The van der Waals surface area contributed by atoms with E-state index in [1.54, 1.807) is 18.2 Å². The van der Waals surface area contributed by atoms with Crippen molar-refractivity contribution in [2.45, 2.75) is 13.8 Å². The summed E-state index contributed by atoms with van der Waals surface area (Å²) in [6, 6.07) is 10.8. The molecule has 0 aromatic heterocycles. The summed E-state index contributed by atoms with van der Waals surface area (Å²) in [6.45, 7) is 3.47. The van der Waals surface area contributed by atoms with Gasteiger partial charge in [-0.3, -0.25) is 4.79 Å². The third kappa shape index (κ3) is 3.15. The molecule has 2 aromatic rings. The van der Waals surface area contributed by atoms with Gasteiger partial charge in [-0.1, -0.05) is 15.9 Å². The first-order valence-corrected chi connectivity index (χ1v) is 6.61. The van der Waals surface area contributed by atoms with E-state index in [1.807, 2.05) is 25.1 Å². The van der Waals surface area contributed by atoms with E-state index >= 15 is 0 Å². The lowest BCUT2D eigenvalue weighted by atomic mass is 10.1. The Bertz CT molecular complexity index is 638. The first kappa shape index (κ1) is 13.6. The Morgan fingerprint density at radius 1 is 1.16 bits per heavy atom. The van der Waals surface area contributed by atoms with Crippen molar-refractivity contribution in [2.75, 3.05) is 5.73 Å². The standard InChI is InChI=1S/C15H14BrNO2/c1-9-7-11(3-5-14(9)16)19-12-4-6-15(17)13(8-12)10(2)18/h3-8H,17H2,1-2H3. The molecule has 2 aromatic carbocycles. The molecule has 0 heterocycles. The van der Waals surface area contributed by atoms with Gasteiger partial charge in [0.15, 0.2) is 5.78 Å². The summed E-state index contributed by atoms with van der Waals surface area (Å²) in [5, 5.41) is 0. The second-order valence-corrected chi connectivity index (χ2v) is 5.17. The molecule has 0 aliphatic rings. The largest absolute Gasteiger partial charge is 0.457 e. The molecule has 0 atom stereocenters. The topological polar surface area (TPSA) is 52.3 Å². The minimum Gasteiger partial charge on any atom is -0.457 e. The highest BCUT2D eigenvalue weighted by molar-refractivity contribution is 9.10. The average molecular weight is 320 g/mol. The van der Waals surface area contributed by atoms with Crippen molar-refractivity contribution in [3.63, 3.8) is 0 Å². The van der Waals surface area contributed by atoms with Crippen molar-refractivity contribution in [1.29, 1.82) is 0 Å². The van der Waals surface area contributed by atoms with E-state index in [0.717, 1.165) is 15.8 Å². The molecule has 98 valence electrons. The molecule has 0 spiro atoms. The highest BCUT2D eigenvalue weighted by Gasteiger charge is 2.07. The van der Waals surface area contributed by atoms with Crippen LogP contribution < -0.4 is 10.5 Å². The Hall–Kier alpha value is -1.81. The van der Waals surface area contributed by atoms with E-state index in [0.29, 0.717) is 17.0 Å². The quantitative estimate of drug-likeness (QED) is 0.676. The molecular weight excluding hydrogens is 306 g/mol. The number of carbonyl (C=O) groups is 1. The number of anilines is 1. The molecular formula is C15H14BrNO2. The van der Waals surface area contributed by atoms with Crippen molar-refractivity contribution in [3.05, 3.63) is 52.0 Å². The molecule has 0 unspecified atom stereocenters. The van der Waals surface area contributed by atoms with Gasteiger partial charge < -0.3 is 10.5 Å². The van der Waals surface area contributed by atoms with Gasteiger partial charge in [0.2, 0.25) is 0 Å². The fourth-order valence-corrected chi connectivity index (χ4v) is 1.97. The maximum Gasteiger partial charge on any atom is 0.162 e. The highest BCUT2D eigenvalue weighted by Crippen LogP contribution is 2.28. The number of nitrogen functional groups attached to an aromatic ring is 1. The first-order valence-electron chi connectivity index (χ1n) is 5.82. The van der Waals surface area contributed by atoms with Crippen molar-refractivity contribution >= 4 is 27.4 Å². The van der Waals surface area contributed by atoms with E-state index in [4.69, 9.17) is 10.5 Å². The molecule has 19 heavy (non-hydrogen) atoms. The second kappa shape index (κ2) is 5.45. The van der Waals surface area contributed by atoms with E-state index in [1.165, 1.54) is 6.92 Å². The van der Waals surface area contributed by atoms with Gasteiger partial charge in [0.05, 0.1) is 0 Å². The molecule has 0 bridgehead atoms. The summed E-state index contributed by atoms with van der Waals surface area (Å²) < 4.78 is 6.76. The molecule has 2 rings (SSSR count). The van der Waals surface area contributed by atoms with Crippen molar-refractivity contribution in [1.82, 2.24) is 0 Å². The summed E-state index contributed by atoms with van der Waals surface area (Å²) in [4.78, 5) is 11.4. The Balaban J connectivity index is 2.30. The Labute approximate surface area is 120 Å². The smallest absolute Gasteiger partial charge is 0.162 e. The highest BCUT2D eigenvalue weighted by atomic mass is 79.9. The third-order valence-corrected chi connectivity index (χ3v) is 3.66. The summed E-state index contributed by atoms with van der Waals surface area (Å²) >= 11 is 3.44. The number of Topliss-reactive ketones (excluding diaryl/α,β-unsaturated/α-hetero) is 1. The SMILES string of the molecule is CC(=O)c1cc(Oc2ccc(Br)c(C)c2)ccc1N. The average Bonchev–Trinajstić information content (AvgIpc) is 2.36. The van der Waals surface area contributed by atoms with Crippen LogP contribution in [-0.4, -0.2) is 5.78 Å². The predicted octanol–water partition coefficient (Wildman–Crippen LogP) is 4.33. The molecule has 0 radical (unpaired) electrons. The third-order valence-electron chi connectivity index (χ3n) is 2.77. The molecule has 0 saturated carbocycles. The monoisotopic (exact) mass is 319 g/mol. The van der Waals surface area contributed by atoms with Crippen LogP contribution in [0.5, 0.6) is 11.5 Å². The molecule has 2 N–H and O–H groups in total. The second-order valence-electron chi connectivity index (χ2n) is 4.32. The van der Waals surface area contributed by atoms with Crippen LogP contribution >= 0.6 is 15.9 Å². The van der Waals surface area contributed by atoms with Crippen LogP contribution in [-0.2, 0) is 0 Å². The normalized spacial score (nSPS) is 10.3. The number of hydrogen-bond donors (Lipinski definition) is 1. The van der Waals surface area contributed by atoms with Crippen LogP contribution in [0.4, 0.5) is 5.69 Å². The molecule has 0 aliphatic carbocycles. The Morgan fingerprint density at radius 2 is 1.79 bits per heavy atom. The summed E-state index contributed by atoms with van der Waals surface area (Å²) in [5.74, 6) is 1.25. The first-order chi connectivity index (χ1) is 8.97. The van der Waals surface area contributed by atoms with Gasteiger partial charge in [-0.15, -0.1) is 0 Å². The van der Waals surface area contributed by atoms with Crippen molar-refractivity contribution < 1.29 is 9.53 Å². The number of halogens is 1. The molecule has 4 heteroatoms. The van der Waals surface area contributed by atoms with Crippen molar-refractivity contribution in [2.24, 2.45) is 0 Å². The zero-order valence-corrected chi connectivity index (χ0v) is 12.3. The van der Waals surface area contributed by atoms with Crippen LogP contribution in [0.1, 0.15) is 22.8 Å². The van der Waals surface area contributed by atoms with E-state index in [9.17, 15) is 4.79 Å². The molecule has 0 fully saturated rings. The van der Waals surface area contributed by atoms with Crippen LogP contribution in [0.25, 0.3) is 0 Å². The van der Waals surface area contributed by atoms with Gasteiger partial charge in [0.25, 0.3) is 0 Å². The molecule has 0 aliphatic heterocycles. The van der Waals surface area contributed by atoms with Gasteiger partial charge in [-0.25, -0.2) is 0 Å². The number of ketones is 1. The van der Waals surface area contributed by atoms with Gasteiger partial charge >= 0.3 is 0 Å². The van der Waals surface area contributed by atoms with Gasteiger partial charge in [-0.2, -0.15) is 0 Å². The lowest BCUT2D eigenvalue weighted by molar-refractivity contribution is 0.101. The molecule has 0 saturated heterocycles. The zero-order valence-electron chi connectivity index (χ0n) is 10.7. The van der Waals surface area contributed by atoms with E-state index < -0.39 is 0 Å². The maximum atomic E-state index is 11.4.